The zero-order valence-electron chi connectivity index (χ0n) is 14.9. The maximum absolute atomic E-state index is 12.2. The van der Waals surface area contributed by atoms with Gasteiger partial charge in [0.1, 0.15) is 0 Å². The second-order valence-corrected chi connectivity index (χ2v) is 6.26. The monoisotopic (exact) mass is 346 g/mol. The molecule has 3 aromatic rings. The third-order valence-corrected chi connectivity index (χ3v) is 4.60. The van der Waals surface area contributed by atoms with Crippen molar-refractivity contribution in [2.75, 3.05) is 11.9 Å². The van der Waals surface area contributed by atoms with Gasteiger partial charge in [0, 0.05) is 18.4 Å². The summed E-state index contributed by atoms with van der Waals surface area (Å²) in [6.45, 7) is 2.08. The van der Waals surface area contributed by atoms with E-state index in [4.69, 9.17) is 5.21 Å². The average molecular weight is 346 g/mol. The van der Waals surface area contributed by atoms with Crippen molar-refractivity contribution >= 4 is 17.3 Å². The molecule has 1 amide bonds. The van der Waals surface area contributed by atoms with Gasteiger partial charge in [-0.3, -0.25) is 10.0 Å². The second kappa shape index (κ2) is 7.85. The van der Waals surface area contributed by atoms with Gasteiger partial charge in [0.25, 0.3) is 5.91 Å². The normalized spacial score (nSPS) is 11.7. The Hall–Kier alpha value is -3.11. The van der Waals surface area contributed by atoms with Crippen molar-refractivity contribution in [1.82, 2.24) is 5.48 Å². The molecule has 1 atom stereocenters. The number of nitrogens with zero attached hydrogens (tertiary/aromatic N) is 1. The Morgan fingerprint density at radius 3 is 2.08 bits per heavy atom. The van der Waals surface area contributed by atoms with Crippen LogP contribution in [0.2, 0.25) is 0 Å². The molecular formula is C22H22N2O2. The summed E-state index contributed by atoms with van der Waals surface area (Å²) in [6.07, 6.45) is 0. The smallest absolute Gasteiger partial charge is 0.255 e. The van der Waals surface area contributed by atoms with Gasteiger partial charge in [0.15, 0.2) is 0 Å². The van der Waals surface area contributed by atoms with Crippen molar-refractivity contribution in [3.63, 3.8) is 0 Å². The van der Waals surface area contributed by atoms with E-state index in [1.165, 1.54) is 5.56 Å². The number of anilines is 2. The SMILES string of the molecule is Cc1ccccc1N(C)c1ccc(C(C(=O)NO)c2ccccc2)cc1. The topological polar surface area (TPSA) is 52.6 Å². The van der Waals surface area contributed by atoms with Gasteiger partial charge in [-0.25, -0.2) is 5.48 Å². The predicted molar refractivity (Wildman–Crippen MR) is 104 cm³/mol. The number of carbonyl (C=O) groups excluding carboxylic acids is 1. The van der Waals surface area contributed by atoms with E-state index in [2.05, 4.69) is 24.0 Å². The van der Waals surface area contributed by atoms with Crippen molar-refractivity contribution in [2.45, 2.75) is 12.8 Å². The van der Waals surface area contributed by atoms with Crippen molar-refractivity contribution in [3.05, 3.63) is 95.6 Å². The molecule has 0 fully saturated rings. The highest BCUT2D eigenvalue weighted by atomic mass is 16.5. The van der Waals surface area contributed by atoms with Crippen LogP contribution >= 0.6 is 0 Å². The lowest BCUT2D eigenvalue weighted by atomic mass is 9.90. The van der Waals surface area contributed by atoms with Gasteiger partial charge in [0.2, 0.25) is 0 Å². The number of para-hydroxylation sites is 1. The Bertz CT molecular complexity index is 876. The molecule has 0 saturated heterocycles. The molecule has 0 saturated carbocycles. The van der Waals surface area contributed by atoms with Crippen LogP contribution in [0, 0.1) is 6.92 Å². The molecule has 3 aromatic carbocycles. The summed E-state index contributed by atoms with van der Waals surface area (Å²) in [7, 11) is 2.02. The molecule has 26 heavy (non-hydrogen) atoms. The third-order valence-electron chi connectivity index (χ3n) is 4.60. The number of amides is 1. The lowest BCUT2D eigenvalue weighted by Gasteiger charge is -2.23. The first kappa shape index (κ1) is 17.7. The molecule has 4 heteroatoms. The zero-order valence-corrected chi connectivity index (χ0v) is 14.9. The highest BCUT2D eigenvalue weighted by Crippen LogP contribution is 2.30. The Kier molecular flexibility index (Phi) is 5.34. The number of rotatable bonds is 5. The van der Waals surface area contributed by atoms with E-state index in [1.807, 2.05) is 73.8 Å². The fourth-order valence-corrected chi connectivity index (χ4v) is 3.17. The Morgan fingerprint density at radius 2 is 1.46 bits per heavy atom. The number of hydrogen-bond acceptors (Lipinski definition) is 3. The van der Waals surface area contributed by atoms with Crippen molar-refractivity contribution in [3.8, 4) is 0 Å². The molecule has 132 valence electrons. The summed E-state index contributed by atoms with van der Waals surface area (Å²) < 4.78 is 0. The van der Waals surface area contributed by atoms with Crippen molar-refractivity contribution in [1.29, 1.82) is 0 Å². The second-order valence-electron chi connectivity index (χ2n) is 6.26. The van der Waals surface area contributed by atoms with E-state index >= 15 is 0 Å². The van der Waals surface area contributed by atoms with Crippen LogP contribution in [0.5, 0.6) is 0 Å². The fraction of sp³-hybridized carbons (Fsp3) is 0.136. The highest BCUT2D eigenvalue weighted by Gasteiger charge is 2.22. The summed E-state index contributed by atoms with van der Waals surface area (Å²) in [6, 6.07) is 25.5. The van der Waals surface area contributed by atoms with Gasteiger partial charge in [-0.05, 0) is 41.8 Å². The average Bonchev–Trinajstić information content (AvgIpc) is 2.69. The maximum Gasteiger partial charge on any atom is 0.255 e. The van der Waals surface area contributed by atoms with Crippen molar-refractivity contribution < 1.29 is 10.0 Å². The number of carbonyl (C=O) groups is 1. The maximum atomic E-state index is 12.2. The minimum Gasteiger partial charge on any atom is -0.344 e. The van der Waals surface area contributed by atoms with Crippen LogP contribution in [-0.4, -0.2) is 18.2 Å². The van der Waals surface area contributed by atoms with E-state index in [1.54, 1.807) is 5.48 Å². The van der Waals surface area contributed by atoms with E-state index in [9.17, 15) is 4.79 Å². The molecule has 4 nitrogen and oxygen atoms in total. The fourth-order valence-electron chi connectivity index (χ4n) is 3.17. The molecule has 0 aromatic heterocycles. The van der Waals surface area contributed by atoms with Gasteiger partial charge in [0.05, 0.1) is 5.92 Å². The first-order valence-electron chi connectivity index (χ1n) is 8.50. The lowest BCUT2D eigenvalue weighted by Crippen LogP contribution is -2.27. The molecule has 0 heterocycles. The molecule has 0 aliphatic heterocycles. The molecule has 0 aliphatic carbocycles. The van der Waals surface area contributed by atoms with E-state index in [0.29, 0.717) is 0 Å². The van der Waals surface area contributed by atoms with Crippen LogP contribution in [0.3, 0.4) is 0 Å². The van der Waals surface area contributed by atoms with Crippen LogP contribution in [0.15, 0.2) is 78.9 Å². The number of benzene rings is 3. The minimum atomic E-state index is -0.556. The minimum absolute atomic E-state index is 0.448. The Morgan fingerprint density at radius 1 is 0.885 bits per heavy atom. The molecule has 0 aliphatic rings. The Balaban J connectivity index is 1.92. The first-order valence-corrected chi connectivity index (χ1v) is 8.50. The standard InChI is InChI=1S/C22H22N2O2/c1-16-8-6-7-11-20(16)24(2)19-14-12-18(13-15-19)21(22(25)23-26)17-9-4-3-5-10-17/h3-15,21,26H,1-2H3,(H,23,25). The van der Waals surface area contributed by atoms with Crippen LogP contribution in [0.4, 0.5) is 11.4 Å². The summed E-state index contributed by atoms with van der Waals surface area (Å²) in [5, 5.41) is 9.14. The van der Waals surface area contributed by atoms with Crippen LogP contribution in [0.1, 0.15) is 22.6 Å². The van der Waals surface area contributed by atoms with Gasteiger partial charge in [-0.15, -0.1) is 0 Å². The zero-order chi connectivity index (χ0) is 18.5. The number of hydroxylamine groups is 1. The van der Waals surface area contributed by atoms with Crippen LogP contribution in [0.25, 0.3) is 0 Å². The molecule has 1 unspecified atom stereocenters. The Labute approximate surface area is 153 Å². The van der Waals surface area contributed by atoms with E-state index in [0.717, 1.165) is 22.5 Å². The third kappa shape index (κ3) is 3.60. The van der Waals surface area contributed by atoms with E-state index < -0.39 is 11.8 Å². The molecule has 0 radical (unpaired) electrons. The van der Waals surface area contributed by atoms with Gasteiger partial charge < -0.3 is 4.90 Å². The molecule has 0 spiro atoms. The summed E-state index contributed by atoms with van der Waals surface area (Å²) in [5.41, 5.74) is 6.79. The number of nitrogens with one attached hydrogen (secondary N) is 1. The quantitative estimate of drug-likeness (QED) is 0.532. The number of hydrogen-bond donors (Lipinski definition) is 2. The largest absolute Gasteiger partial charge is 0.344 e. The molecular weight excluding hydrogens is 324 g/mol. The lowest BCUT2D eigenvalue weighted by molar-refractivity contribution is -0.129. The van der Waals surface area contributed by atoms with Gasteiger partial charge >= 0.3 is 0 Å². The highest BCUT2D eigenvalue weighted by molar-refractivity contribution is 5.86. The molecule has 2 N–H and O–H groups in total. The van der Waals surface area contributed by atoms with Crippen LogP contribution < -0.4 is 10.4 Å². The van der Waals surface area contributed by atoms with Crippen molar-refractivity contribution in [2.24, 2.45) is 0 Å². The summed E-state index contributed by atoms with van der Waals surface area (Å²) in [5.74, 6) is -1.00. The first-order chi connectivity index (χ1) is 12.6. The van der Waals surface area contributed by atoms with E-state index in [-0.39, 0.29) is 0 Å². The molecule has 0 bridgehead atoms. The predicted octanol–water partition coefficient (Wildman–Crippen LogP) is 4.40. The number of aryl methyl sites for hydroxylation is 1. The van der Waals surface area contributed by atoms with Gasteiger partial charge in [-0.1, -0.05) is 60.7 Å². The summed E-state index contributed by atoms with van der Waals surface area (Å²) in [4.78, 5) is 14.3. The molecule has 3 rings (SSSR count). The van der Waals surface area contributed by atoms with Gasteiger partial charge in [-0.2, -0.15) is 0 Å². The van der Waals surface area contributed by atoms with Crippen LogP contribution in [-0.2, 0) is 4.79 Å². The summed E-state index contributed by atoms with van der Waals surface area (Å²) >= 11 is 0.